The number of benzene rings is 2. The average molecular weight is 443 g/mol. The summed E-state index contributed by atoms with van der Waals surface area (Å²) in [5.41, 5.74) is 0.697. The molecular formula is C17H15FN2O5S3. The highest BCUT2D eigenvalue weighted by molar-refractivity contribution is 7.93. The molecule has 3 rings (SSSR count). The van der Waals surface area contributed by atoms with E-state index in [9.17, 15) is 20.7 Å². The molecule has 0 aliphatic rings. The molecule has 0 aliphatic heterocycles. The second-order valence-corrected chi connectivity index (χ2v) is 9.67. The third-order valence-corrected chi connectivity index (χ3v) is 7.31. The Hall–Kier alpha value is -2.50. The highest BCUT2D eigenvalue weighted by Gasteiger charge is 2.27. The molecule has 0 N–H and O–H groups in total. The number of ether oxygens (including phenoxy) is 1. The maximum absolute atomic E-state index is 13.1. The number of methoxy groups -OCH3 is 1. The summed E-state index contributed by atoms with van der Waals surface area (Å²) in [6.45, 7) is 0.00298. The van der Waals surface area contributed by atoms with Gasteiger partial charge in [0.25, 0.3) is 10.0 Å². The quantitative estimate of drug-likeness (QED) is 0.522. The average Bonchev–Trinajstić information content (AvgIpc) is 3.20. The number of nitrogens with zero attached hydrogens (tertiary/aromatic N) is 2. The molecule has 3 aromatic rings. The Labute approximate surface area is 166 Å². The lowest BCUT2D eigenvalue weighted by Crippen LogP contribution is -2.30. The van der Waals surface area contributed by atoms with E-state index in [0.29, 0.717) is 11.3 Å². The van der Waals surface area contributed by atoms with E-state index in [1.54, 1.807) is 29.6 Å². The number of hydrogen-bond acceptors (Lipinski definition) is 7. The van der Waals surface area contributed by atoms with Crippen molar-refractivity contribution in [2.75, 3.05) is 11.4 Å². The minimum Gasteiger partial charge on any atom is -0.497 e. The Morgan fingerprint density at radius 3 is 2.11 bits per heavy atom. The Bertz CT molecular complexity index is 1140. The van der Waals surface area contributed by atoms with E-state index < -0.39 is 25.1 Å². The first-order valence-corrected chi connectivity index (χ1v) is 11.5. The van der Waals surface area contributed by atoms with Crippen LogP contribution in [0, 0.1) is 0 Å². The van der Waals surface area contributed by atoms with Crippen LogP contribution < -0.4 is 9.04 Å². The summed E-state index contributed by atoms with van der Waals surface area (Å²) < 4.78 is 67.5. The zero-order chi connectivity index (χ0) is 20.4. The van der Waals surface area contributed by atoms with Crippen LogP contribution in [0.25, 0.3) is 0 Å². The van der Waals surface area contributed by atoms with Gasteiger partial charge in [0.05, 0.1) is 23.4 Å². The van der Waals surface area contributed by atoms with E-state index >= 15 is 0 Å². The summed E-state index contributed by atoms with van der Waals surface area (Å²) in [7, 11) is -7.45. The number of aromatic nitrogens is 1. The third kappa shape index (κ3) is 4.32. The lowest BCUT2D eigenvalue weighted by Gasteiger charge is -2.22. The number of hydrogen-bond donors (Lipinski definition) is 0. The third-order valence-electron chi connectivity index (χ3n) is 3.81. The van der Waals surface area contributed by atoms with Crippen LogP contribution >= 0.6 is 11.3 Å². The fourth-order valence-corrected chi connectivity index (χ4v) is 5.13. The number of anilines is 1. The van der Waals surface area contributed by atoms with Crippen LogP contribution in [0.4, 0.5) is 9.02 Å². The maximum atomic E-state index is 13.1. The number of sulfonamides is 1. The van der Waals surface area contributed by atoms with Crippen molar-refractivity contribution in [3.63, 3.8) is 0 Å². The van der Waals surface area contributed by atoms with Crippen LogP contribution in [0.5, 0.6) is 5.75 Å². The number of halogens is 1. The van der Waals surface area contributed by atoms with Gasteiger partial charge in [0.2, 0.25) is 0 Å². The van der Waals surface area contributed by atoms with Crippen LogP contribution in [0.2, 0.25) is 0 Å². The van der Waals surface area contributed by atoms with Gasteiger partial charge in [-0.3, -0.25) is 0 Å². The van der Waals surface area contributed by atoms with E-state index in [-0.39, 0.29) is 16.6 Å². The van der Waals surface area contributed by atoms with E-state index in [4.69, 9.17) is 4.74 Å². The zero-order valence-electron chi connectivity index (χ0n) is 14.5. The van der Waals surface area contributed by atoms with Crippen LogP contribution in [0.3, 0.4) is 0 Å². The van der Waals surface area contributed by atoms with Crippen molar-refractivity contribution in [1.82, 2.24) is 4.98 Å². The van der Waals surface area contributed by atoms with E-state index in [0.717, 1.165) is 39.9 Å². The van der Waals surface area contributed by atoms with Gasteiger partial charge in [-0.05, 0) is 42.0 Å². The first-order chi connectivity index (χ1) is 13.2. The molecule has 1 aromatic heterocycles. The summed E-state index contributed by atoms with van der Waals surface area (Å²) in [6, 6.07) is 10.8. The summed E-state index contributed by atoms with van der Waals surface area (Å²) in [4.78, 5) is 3.29. The molecule has 11 heteroatoms. The van der Waals surface area contributed by atoms with Crippen molar-refractivity contribution in [3.05, 3.63) is 65.7 Å². The van der Waals surface area contributed by atoms with Gasteiger partial charge in [0, 0.05) is 11.6 Å². The minimum absolute atomic E-state index is 0.00298. The smallest absolute Gasteiger partial charge is 0.332 e. The molecule has 0 radical (unpaired) electrons. The number of rotatable bonds is 7. The molecule has 0 amide bonds. The molecule has 7 nitrogen and oxygen atoms in total. The van der Waals surface area contributed by atoms with Crippen molar-refractivity contribution in [3.8, 4) is 5.75 Å². The van der Waals surface area contributed by atoms with Gasteiger partial charge < -0.3 is 4.74 Å². The van der Waals surface area contributed by atoms with Gasteiger partial charge >= 0.3 is 10.2 Å². The molecule has 1 heterocycles. The van der Waals surface area contributed by atoms with E-state index in [1.807, 2.05) is 0 Å². The van der Waals surface area contributed by atoms with Gasteiger partial charge in [0.1, 0.15) is 5.75 Å². The van der Waals surface area contributed by atoms with Gasteiger partial charge in [-0.25, -0.2) is 17.7 Å². The molecular weight excluding hydrogens is 427 g/mol. The Balaban J connectivity index is 1.99. The highest BCUT2D eigenvalue weighted by Crippen LogP contribution is 2.28. The fraction of sp³-hybridized carbons (Fsp3) is 0.118. The molecule has 0 atom stereocenters. The summed E-state index contributed by atoms with van der Waals surface area (Å²) in [5, 5.41) is 1.89. The lowest BCUT2D eigenvalue weighted by molar-refractivity contribution is 0.414. The molecule has 0 spiro atoms. The summed E-state index contributed by atoms with van der Waals surface area (Å²) in [6.07, 6.45) is 1.48. The second-order valence-electron chi connectivity index (χ2n) is 5.58. The van der Waals surface area contributed by atoms with E-state index in [1.165, 1.54) is 13.3 Å². The van der Waals surface area contributed by atoms with Crippen LogP contribution in [-0.2, 0) is 26.8 Å². The van der Waals surface area contributed by atoms with Crippen molar-refractivity contribution in [2.24, 2.45) is 0 Å². The van der Waals surface area contributed by atoms with Gasteiger partial charge in [-0.2, -0.15) is 8.42 Å². The second kappa shape index (κ2) is 7.86. The SMILES string of the molecule is COc1ccc(CN(c2nccs2)S(=O)(=O)c2ccc(S(=O)(=O)F)cc2)cc1. The fourth-order valence-electron chi connectivity index (χ4n) is 2.39. The topological polar surface area (TPSA) is 93.6 Å². The van der Waals surface area contributed by atoms with Gasteiger partial charge in [-0.1, -0.05) is 12.1 Å². The van der Waals surface area contributed by atoms with E-state index in [2.05, 4.69) is 4.98 Å². The Morgan fingerprint density at radius 2 is 1.61 bits per heavy atom. The summed E-state index contributed by atoms with van der Waals surface area (Å²) >= 11 is 1.14. The molecule has 28 heavy (non-hydrogen) atoms. The van der Waals surface area contributed by atoms with Gasteiger partial charge in [-0.15, -0.1) is 15.2 Å². The molecule has 0 bridgehead atoms. The maximum Gasteiger partial charge on any atom is 0.332 e. The van der Waals surface area contributed by atoms with Gasteiger partial charge in [0.15, 0.2) is 5.13 Å². The highest BCUT2D eigenvalue weighted by atomic mass is 32.3. The Kier molecular flexibility index (Phi) is 5.68. The standard InChI is InChI=1S/C17H15FN2O5S3/c1-25-14-4-2-13(3-5-14)12-20(17-19-10-11-26-17)28(23,24)16-8-6-15(7-9-16)27(18,21)22/h2-11H,12H2,1H3. The lowest BCUT2D eigenvalue weighted by atomic mass is 10.2. The molecule has 148 valence electrons. The first kappa shape index (κ1) is 20.2. The molecule has 0 unspecified atom stereocenters. The molecule has 0 fully saturated rings. The van der Waals surface area contributed by atoms with Crippen molar-refractivity contribution in [1.29, 1.82) is 0 Å². The Morgan fingerprint density at radius 1 is 1.00 bits per heavy atom. The zero-order valence-corrected chi connectivity index (χ0v) is 17.0. The molecule has 0 saturated carbocycles. The molecule has 0 aliphatic carbocycles. The van der Waals surface area contributed by atoms with Crippen LogP contribution in [-0.4, -0.2) is 28.9 Å². The minimum atomic E-state index is -4.91. The predicted octanol–water partition coefficient (Wildman–Crippen LogP) is 3.21. The number of thiazole rings is 1. The van der Waals surface area contributed by atoms with Crippen LogP contribution in [0.1, 0.15) is 5.56 Å². The van der Waals surface area contributed by atoms with Crippen molar-refractivity contribution in [2.45, 2.75) is 16.3 Å². The predicted molar refractivity (Wildman–Crippen MR) is 103 cm³/mol. The van der Waals surface area contributed by atoms with Crippen LogP contribution in [0.15, 0.2) is 69.9 Å². The summed E-state index contributed by atoms with van der Waals surface area (Å²) in [5.74, 6) is 0.635. The molecule has 2 aromatic carbocycles. The monoisotopic (exact) mass is 442 g/mol. The largest absolute Gasteiger partial charge is 0.497 e. The normalized spacial score (nSPS) is 11.9. The van der Waals surface area contributed by atoms with Crippen molar-refractivity contribution < 1.29 is 25.5 Å². The molecule has 0 saturated heterocycles. The first-order valence-electron chi connectivity index (χ1n) is 7.82. The van der Waals surface area contributed by atoms with Crippen molar-refractivity contribution >= 4 is 36.7 Å².